The van der Waals surface area contributed by atoms with Gasteiger partial charge in [-0.25, -0.2) is 0 Å². The molecule has 0 spiro atoms. The summed E-state index contributed by atoms with van der Waals surface area (Å²) in [6, 6.07) is 8.43. The Bertz CT molecular complexity index is 592. The van der Waals surface area contributed by atoms with E-state index in [1.807, 2.05) is 26.1 Å². The molecular weight excluding hydrogens is 350 g/mol. The fraction of sp³-hybridized carbons (Fsp3) is 0.438. The van der Waals surface area contributed by atoms with E-state index in [-0.39, 0.29) is 0 Å². The third-order valence-corrected chi connectivity index (χ3v) is 4.98. The summed E-state index contributed by atoms with van der Waals surface area (Å²) in [5, 5.41) is 8.75. The Morgan fingerprint density at radius 3 is 2.52 bits per heavy atom. The highest BCUT2D eigenvalue weighted by atomic mass is 79.9. The van der Waals surface area contributed by atoms with Gasteiger partial charge in [0.05, 0.1) is 15.9 Å². The zero-order valence-corrected chi connectivity index (χ0v) is 15.0. The first-order chi connectivity index (χ1) is 10.0. The van der Waals surface area contributed by atoms with E-state index in [4.69, 9.17) is 11.6 Å². The van der Waals surface area contributed by atoms with Gasteiger partial charge in [0.25, 0.3) is 0 Å². The van der Waals surface area contributed by atoms with Gasteiger partial charge in [0, 0.05) is 24.0 Å². The minimum atomic E-state index is 0.365. The molecule has 0 bridgehead atoms. The van der Waals surface area contributed by atoms with Gasteiger partial charge in [-0.05, 0) is 60.9 Å². The van der Waals surface area contributed by atoms with Crippen molar-refractivity contribution in [2.24, 2.45) is 0 Å². The number of benzene rings is 1. The molecule has 0 saturated carbocycles. The van der Waals surface area contributed by atoms with Gasteiger partial charge in [0.2, 0.25) is 0 Å². The fourth-order valence-electron chi connectivity index (χ4n) is 2.48. The SMILES string of the molecule is CCn1nc(C)c(Br)c1CC(Cc1ccc(Cl)cc1)NC. The number of nitrogens with one attached hydrogen (secondary N) is 1. The van der Waals surface area contributed by atoms with E-state index in [2.05, 4.69) is 50.1 Å². The molecule has 1 aromatic carbocycles. The van der Waals surface area contributed by atoms with Crippen LogP contribution >= 0.6 is 27.5 Å². The predicted octanol–water partition coefficient (Wildman–Crippen LogP) is 4.00. The number of aryl methyl sites for hydroxylation is 2. The lowest BCUT2D eigenvalue weighted by Crippen LogP contribution is -2.31. The van der Waals surface area contributed by atoms with Crippen molar-refractivity contribution in [2.45, 2.75) is 39.3 Å². The highest BCUT2D eigenvalue weighted by molar-refractivity contribution is 9.10. The van der Waals surface area contributed by atoms with E-state index >= 15 is 0 Å². The molecule has 114 valence electrons. The molecule has 0 radical (unpaired) electrons. The van der Waals surface area contributed by atoms with Gasteiger partial charge < -0.3 is 5.32 Å². The van der Waals surface area contributed by atoms with Gasteiger partial charge in [-0.3, -0.25) is 4.68 Å². The van der Waals surface area contributed by atoms with Gasteiger partial charge in [0.15, 0.2) is 0 Å². The van der Waals surface area contributed by atoms with Crippen molar-refractivity contribution in [3.8, 4) is 0 Å². The van der Waals surface area contributed by atoms with Crippen molar-refractivity contribution in [1.29, 1.82) is 0 Å². The van der Waals surface area contributed by atoms with Gasteiger partial charge in [-0.1, -0.05) is 23.7 Å². The molecule has 1 unspecified atom stereocenters. The number of likely N-dealkylation sites (N-methyl/N-ethyl adjacent to an activating group) is 1. The van der Waals surface area contributed by atoms with Crippen LogP contribution in [0.3, 0.4) is 0 Å². The lowest BCUT2D eigenvalue weighted by atomic mass is 10.0. The number of rotatable bonds is 6. The summed E-state index contributed by atoms with van der Waals surface area (Å²) >= 11 is 9.61. The zero-order valence-electron chi connectivity index (χ0n) is 12.7. The largest absolute Gasteiger partial charge is 0.316 e. The normalized spacial score (nSPS) is 12.6. The standard InChI is InChI=1S/C16H21BrClN3/c1-4-21-15(16(17)11(2)20-21)10-14(19-3)9-12-5-7-13(18)8-6-12/h5-8,14,19H,4,9-10H2,1-3H3. The van der Waals surface area contributed by atoms with Crippen LogP contribution < -0.4 is 5.32 Å². The number of hydrogen-bond donors (Lipinski definition) is 1. The van der Waals surface area contributed by atoms with E-state index in [0.29, 0.717) is 6.04 Å². The minimum Gasteiger partial charge on any atom is -0.316 e. The maximum Gasteiger partial charge on any atom is 0.0738 e. The van der Waals surface area contributed by atoms with Crippen molar-refractivity contribution in [3.63, 3.8) is 0 Å². The predicted molar refractivity (Wildman–Crippen MR) is 92.0 cm³/mol. The molecule has 2 rings (SSSR count). The molecule has 2 aromatic rings. The van der Waals surface area contributed by atoms with Gasteiger partial charge >= 0.3 is 0 Å². The molecule has 3 nitrogen and oxygen atoms in total. The Balaban J connectivity index is 2.14. The monoisotopic (exact) mass is 369 g/mol. The summed E-state index contributed by atoms with van der Waals surface area (Å²) < 4.78 is 3.20. The second-order valence-corrected chi connectivity index (χ2v) is 6.41. The van der Waals surface area contributed by atoms with Crippen molar-refractivity contribution >= 4 is 27.5 Å². The molecule has 0 aliphatic carbocycles. The summed E-state index contributed by atoms with van der Waals surface area (Å²) in [5.41, 5.74) is 3.59. The molecule has 0 saturated heterocycles. The van der Waals surface area contributed by atoms with E-state index in [1.54, 1.807) is 0 Å². The van der Waals surface area contributed by atoms with Crippen molar-refractivity contribution in [2.75, 3.05) is 7.05 Å². The smallest absolute Gasteiger partial charge is 0.0738 e. The Morgan fingerprint density at radius 2 is 1.95 bits per heavy atom. The zero-order chi connectivity index (χ0) is 15.4. The highest BCUT2D eigenvalue weighted by Gasteiger charge is 2.17. The molecule has 21 heavy (non-hydrogen) atoms. The Kier molecular flexibility index (Phi) is 5.85. The number of aromatic nitrogens is 2. The number of hydrogen-bond acceptors (Lipinski definition) is 2. The molecule has 1 heterocycles. The Hall–Kier alpha value is -0.840. The third-order valence-electron chi connectivity index (χ3n) is 3.70. The lowest BCUT2D eigenvalue weighted by Gasteiger charge is -2.17. The second-order valence-electron chi connectivity index (χ2n) is 5.18. The van der Waals surface area contributed by atoms with Crippen LogP contribution in [-0.2, 0) is 19.4 Å². The van der Waals surface area contributed by atoms with E-state index in [9.17, 15) is 0 Å². The molecule has 1 N–H and O–H groups in total. The first-order valence-electron chi connectivity index (χ1n) is 7.18. The molecule has 0 aliphatic rings. The van der Waals surface area contributed by atoms with Gasteiger partial charge in [-0.15, -0.1) is 0 Å². The first-order valence-corrected chi connectivity index (χ1v) is 8.35. The average molecular weight is 371 g/mol. The van der Waals surface area contributed by atoms with Crippen LogP contribution in [0, 0.1) is 6.92 Å². The van der Waals surface area contributed by atoms with Gasteiger partial charge in [-0.2, -0.15) is 5.10 Å². The number of nitrogens with zero attached hydrogens (tertiary/aromatic N) is 2. The van der Waals surface area contributed by atoms with E-state index in [0.717, 1.165) is 34.6 Å². The molecule has 0 amide bonds. The van der Waals surface area contributed by atoms with Crippen LogP contribution in [0.4, 0.5) is 0 Å². The van der Waals surface area contributed by atoms with Crippen LogP contribution in [0.2, 0.25) is 5.02 Å². The molecule has 5 heteroatoms. The topological polar surface area (TPSA) is 29.9 Å². The second kappa shape index (κ2) is 7.43. The van der Waals surface area contributed by atoms with E-state index in [1.165, 1.54) is 11.3 Å². The molecule has 0 aliphatic heterocycles. The minimum absolute atomic E-state index is 0.365. The van der Waals surface area contributed by atoms with Crippen LogP contribution in [0.1, 0.15) is 23.9 Å². The van der Waals surface area contributed by atoms with Crippen LogP contribution in [0.25, 0.3) is 0 Å². The first kappa shape index (κ1) is 16.5. The quantitative estimate of drug-likeness (QED) is 0.833. The Labute approximate surface area is 139 Å². The van der Waals surface area contributed by atoms with Crippen LogP contribution in [-0.4, -0.2) is 22.9 Å². The lowest BCUT2D eigenvalue weighted by molar-refractivity contribution is 0.519. The maximum absolute atomic E-state index is 5.94. The van der Waals surface area contributed by atoms with Crippen molar-refractivity contribution in [1.82, 2.24) is 15.1 Å². The van der Waals surface area contributed by atoms with Crippen LogP contribution in [0.15, 0.2) is 28.7 Å². The molecule has 0 fully saturated rings. The summed E-state index contributed by atoms with van der Waals surface area (Å²) in [4.78, 5) is 0. The van der Waals surface area contributed by atoms with E-state index < -0.39 is 0 Å². The third kappa shape index (κ3) is 4.09. The summed E-state index contributed by atoms with van der Waals surface area (Å²) in [6.45, 7) is 5.04. The molecule has 1 aromatic heterocycles. The number of halogens is 2. The fourth-order valence-corrected chi connectivity index (χ4v) is 3.05. The van der Waals surface area contributed by atoms with Crippen LogP contribution in [0.5, 0.6) is 0 Å². The average Bonchev–Trinajstić information content (AvgIpc) is 2.76. The summed E-state index contributed by atoms with van der Waals surface area (Å²) in [6.07, 6.45) is 1.91. The molecular formula is C16H21BrClN3. The van der Waals surface area contributed by atoms with Gasteiger partial charge in [0.1, 0.15) is 0 Å². The molecule has 1 atom stereocenters. The summed E-state index contributed by atoms with van der Waals surface area (Å²) in [5.74, 6) is 0. The maximum atomic E-state index is 5.94. The summed E-state index contributed by atoms with van der Waals surface area (Å²) in [7, 11) is 2.01. The van der Waals surface area contributed by atoms with Crippen molar-refractivity contribution in [3.05, 3.63) is 50.7 Å². The Morgan fingerprint density at radius 1 is 1.29 bits per heavy atom. The van der Waals surface area contributed by atoms with Crippen molar-refractivity contribution < 1.29 is 0 Å². The highest BCUT2D eigenvalue weighted by Crippen LogP contribution is 2.23.